The zero-order valence-corrected chi connectivity index (χ0v) is 33.4. The lowest BCUT2D eigenvalue weighted by Crippen LogP contribution is -2.74. The largest absolute Gasteiger partial charge is 0.493 e. The summed E-state index contributed by atoms with van der Waals surface area (Å²) in [5.41, 5.74) is 9.34. The van der Waals surface area contributed by atoms with Crippen LogP contribution in [-0.4, -0.2) is 124 Å². The van der Waals surface area contributed by atoms with Gasteiger partial charge in [0.1, 0.15) is 61.2 Å². The lowest BCUT2D eigenvalue weighted by molar-refractivity contribution is -0.321. The number of aliphatic hydroxyl groups excluding tert-OH is 4. The van der Waals surface area contributed by atoms with Gasteiger partial charge in [-0.05, 0) is 41.6 Å². The summed E-state index contributed by atoms with van der Waals surface area (Å²) in [6, 6.07) is 17.0. The number of esters is 1. The van der Waals surface area contributed by atoms with Crippen molar-refractivity contribution >= 4 is 18.2 Å². The van der Waals surface area contributed by atoms with Crippen molar-refractivity contribution in [3.8, 4) is 28.7 Å². The second kappa shape index (κ2) is 16.6. The van der Waals surface area contributed by atoms with Gasteiger partial charge in [0.25, 0.3) is 0 Å². The van der Waals surface area contributed by atoms with Crippen LogP contribution < -0.4 is 34.7 Å². The van der Waals surface area contributed by atoms with Gasteiger partial charge in [0.2, 0.25) is 12.0 Å². The Morgan fingerprint density at radius 1 is 1.08 bits per heavy atom. The molecule has 10 atom stereocenters. The van der Waals surface area contributed by atoms with Crippen LogP contribution >= 0.6 is 0 Å². The molecule has 0 saturated carbocycles. The van der Waals surface area contributed by atoms with Crippen LogP contribution in [0, 0.1) is 0 Å². The number of carboxylic acid groups (broad SMARTS) is 1. The number of nitrogens with zero attached hydrogens (tertiary/aromatic N) is 2. The van der Waals surface area contributed by atoms with Gasteiger partial charge in [-0.25, -0.2) is 0 Å². The van der Waals surface area contributed by atoms with E-state index in [1.54, 1.807) is 18.3 Å². The van der Waals surface area contributed by atoms with Crippen molar-refractivity contribution in [1.82, 2.24) is 10.2 Å². The molecule has 62 heavy (non-hydrogen) atoms. The molecule has 9 rings (SSSR count). The van der Waals surface area contributed by atoms with Crippen LogP contribution in [0.1, 0.15) is 40.7 Å². The minimum Gasteiger partial charge on any atom is -0.493 e. The van der Waals surface area contributed by atoms with Crippen molar-refractivity contribution in [2.45, 2.75) is 80.0 Å². The summed E-state index contributed by atoms with van der Waals surface area (Å²) in [4.78, 5) is 30.5. The van der Waals surface area contributed by atoms with Crippen molar-refractivity contribution < 1.29 is 68.3 Å². The van der Waals surface area contributed by atoms with Crippen molar-refractivity contribution in [3.63, 3.8) is 0 Å². The van der Waals surface area contributed by atoms with E-state index < -0.39 is 73.0 Å². The molecule has 6 aliphatic rings. The molecule has 0 aromatic heterocycles. The highest BCUT2D eigenvalue weighted by Gasteiger charge is 2.61. The predicted molar refractivity (Wildman–Crippen MR) is 216 cm³/mol. The summed E-state index contributed by atoms with van der Waals surface area (Å²) in [6.07, 6.45) is -3.53. The SMILES string of the molecule is COc1ccc2c(c1OCCO)OC1c3c(CN4C=C5N=CC=C5C4)cc(OC4OC5(C=CNC(N)C5OC(=O)CC(=O)O)C(O)C(O)C4O)cc3OC(Cc3ccccc3)C21. The topological polar surface area (TPSA) is 254 Å². The van der Waals surface area contributed by atoms with Gasteiger partial charge in [-0.1, -0.05) is 36.4 Å². The highest BCUT2D eigenvalue weighted by Crippen LogP contribution is 2.59. The fourth-order valence-corrected chi connectivity index (χ4v) is 9.08. The van der Waals surface area contributed by atoms with E-state index in [0.717, 1.165) is 33.5 Å². The van der Waals surface area contributed by atoms with Crippen LogP contribution in [0.2, 0.25) is 0 Å². The third kappa shape index (κ3) is 7.37. The van der Waals surface area contributed by atoms with Crippen molar-refractivity contribution in [2.24, 2.45) is 10.7 Å². The Morgan fingerprint density at radius 2 is 1.90 bits per heavy atom. The summed E-state index contributed by atoms with van der Waals surface area (Å²) in [5, 5.41) is 55.8. The third-order valence-corrected chi connectivity index (χ3v) is 11.9. The zero-order valence-electron chi connectivity index (χ0n) is 33.4. The van der Waals surface area contributed by atoms with Crippen molar-refractivity contribution in [1.29, 1.82) is 0 Å². The Labute approximate surface area is 355 Å². The normalized spacial score (nSPS) is 29.8. The van der Waals surface area contributed by atoms with Crippen LogP contribution in [0.3, 0.4) is 0 Å². The lowest BCUT2D eigenvalue weighted by atomic mass is 9.79. The maximum absolute atomic E-state index is 12.6. The van der Waals surface area contributed by atoms with Gasteiger partial charge in [-0.3, -0.25) is 14.6 Å². The minimum atomic E-state index is -2.10. The number of rotatable bonds is 13. The van der Waals surface area contributed by atoms with Crippen molar-refractivity contribution in [3.05, 3.63) is 113 Å². The van der Waals surface area contributed by atoms with Gasteiger partial charge in [-0.2, -0.15) is 0 Å². The first-order chi connectivity index (χ1) is 30.0. The number of carboxylic acids is 1. The Hall–Kier alpha value is -6.15. The number of methoxy groups -OCH3 is 1. The molecular formula is C44H46N4O14. The van der Waals surface area contributed by atoms with E-state index >= 15 is 0 Å². The Balaban J connectivity index is 1.13. The van der Waals surface area contributed by atoms with Gasteiger partial charge in [-0.15, -0.1) is 0 Å². The van der Waals surface area contributed by atoms with E-state index in [-0.39, 0.29) is 24.9 Å². The molecule has 0 amide bonds. The molecule has 18 heteroatoms. The summed E-state index contributed by atoms with van der Waals surface area (Å²) >= 11 is 0. The Kier molecular flexibility index (Phi) is 11.0. The molecule has 1 fully saturated rings. The Bertz CT molecular complexity index is 2350. The number of hydrogen-bond donors (Lipinski definition) is 7. The number of carbonyl (C=O) groups excluding carboxylic acids is 1. The first kappa shape index (κ1) is 41.2. The van der Waals surface area contributed by atoms with Crippen LogP contribution in [0.5, 0.6) is 28.7 Å². The number of fused-ring (bicyclic) bond motifs is 6. The highest BCUT2D eigenvalue weighted by atomic mass is 16.7. The summed E-state index contributed by atoms with van der Waals surface area (Å²) in [7, 11) is 1.53. The van der Waals surface area contributed by atoms with E-state index in [9.17, 15) is 35.1 Å². The first-order valence-electron chi connectivity index (χ1n) is 20.1. The third-order valence-electron chi connectivity index (χ3n) is 11.9. The molecule has 3 aromatic rings. The number of benzene rings is 3. The molecule has 6 heterocycles. The van der Waals surface area contributed by atoms with E-state index in [1.807, 2.05) is 54.7 Å². The maximum atomic E-state index is 12.6. The fraction of sp³-hybridized carbons (Fsp3) is 0.386. The molecule has 18 nitrogen and oxygen atoms in total. The quantitative estimate of drug-likeness (QED) is 0.0945. The number of nitrogens with two attached hydrogens (primary N) is 1. The molecule has 10 unspecified atom stereocenters. The number of aliphatic hydroxyl groups is 4. The van der Waals surface area contributed by atoms with Gasteiger partial charge >= 0.3 is 11.9 Å². The standard InChI is InChI=1S/C44H46N4O14/c1-56-28-8-7-26-34-29(15-22-5-3-2-4-6-22)59-30-17-25(58-43-36(54)35(53)40(55)44(62-43)10-12-47-42(45)41(44)60-32(52)18-31(50)51)16-24(20-48-19-23-9-11-46-27(23)21-48)33(30)39(34)61-37(26)38(28)57-14-13-49/h2-12,16-17,21,29,34-36,39-43,47,49,53-55H,13-15,18-20,45H2,1H3,(H,50,51). The second-order valence-electron chi connectivity index (χ2n) is 15.8. The average molecular weight is 855 g/mol. The predicted octanol–water partition coefficient (Wildman–Crippen LogP) is 1.30. The van der Waals surface area contributed by atoms with Crippen LogP contribution in [0.15, 0.2) is 95.4 Å². The molecule has 3 aromatic carbocycles. The molecule has 8 N–H and O–H groups in total. The number of carbonyl (C=O) groups is 2. The van der Waals surface area contributed by atoms with Crippen LogP contribution in [0.25, 0.3) is 0 Å². The van der Waals surface area contributed by atoms with Crippen LogP contribution in [0.4, 0.5) is 0 Å². The fourth-order valence-electron chi connectivity index (χ4n) is 9.08. The molecule has 0 bridgehead atoms. The minimum absolute atomic E-state index is 0.00575. The first-order valence-corrected chi connectivity index (χ1v) is 20.1. The molecule has 0 radical (unpaired) electrons. The van der Waals surface area contributed by atoms with Crippen LogP contribution in [-0.2, 0) is 32.0 Å². The van der Waals surface area contributed by atoms with Gasteiger partial charge in [0, 0.05) is 54.7 Å². The van der Waals surface area contributed by atoms with E-state index in [4.69, 9.17) is 38.9 Å². The molecule has 6 aliphatic heterocycles. The summed E-state index contributed by atoms with van der Waals surface area (Å²) < 4.78 is 43.8. The highest BCUT2D eigenvalue weighted by molar-refractivity contribution is 5.90. The van der Waals surface area contributed by atoms with E-state index in [1.165, 1.54) is 19.4 Å². The average Bonchev–Trinajstić information content (AvgIpc) is 3.97. The number of allylic oxidation sites excluding steroid dienone is 1. The smallest absolute Gasteiger partial charge is 0.317 e. The number of nitrogens with one attached hydrogen (secondary N) is 1. The number of aliphatic carboxylic acids is 1. The lowest BCUT2D eigenvalue weighted by Gasteiger charge is -2.52. The van der Waals surface area contributed by atoms with Gasteiger partial charge in [0.05, 0.1) is 25.3 Å². The molecule has 1 spiro atoms. The molecule has 1 saturated heterocycles. The van der Waals surface area contributed by atoms with Gasteiger partial charge < -0.3 is 74.6 Å². The Morgan fingerprint density at radius 3 is 2.66 bits per heavy atom. The van der Waals surface area contributed by atoms with E-state index in [0.29, 0.717) is 42.5 Å². The maximum Gasteiger partial charge on any atom is 0.317 e. The monoisotopic (exact) mass is 854 g/mol. The second-order valence-corrected chi connectivity index (χ2v) is 15.8. The van der Waals surface area contributed by atoms with Gasteiger partial charge in [0.15, 0.2) is 23.2 Å². The zero-order chi connectivity index (χ0) is 43.3. The number of ether oxygens (including phenoxy) is 7. The van der Waals surface area contributed by atoms with E-state index in [2.05, 4.69) is 15.2 Å². The summed E-state index contributed by atoms with van der Waals surface area (Å²) in [6.45, 7) is 0.671. The van der Waals surface area contributed by atoms with Crippen molar-refractivity contribution in [2.75, 3.05) is 26.9 Å². The molecule has 0 aliphatic carbocycles. The number of aliphatic imine (C=N–C) groups is 1. The molecular weight excluding hydrogens is 808 g/mol. The summed E-state index contributed by atoms with van der Waals surface area (Å²) in [5.74, 6) is -1.16. The molecule has 326 valence electrons. The number of hydrogen-bond acceptors (Lipinski definition) is 17.